The van der Waals surface area contributed by atoms with Crippen LogP contribution in [0.4, 0.5) is 4.79 Å². The molecule has 0 spiro atoms. The molecule has 2 amide bonds. The first kappa shape index (κ1) is 35.1. The van der Waals surface area contributed by atoms with E-state index in [4.69, 9.17) is 20.9 Å². The van der Waals surface area contributed by atoms with Gasteiger partial charge in [0.1, 0.15) is 6.61 Å². The average Bonchev–Trinajstić information content (AvgIpc) is 3.55. The van der Waals surface area contributed by atoms with Crippen molar-refractivity contribution in [1.29, 1.82) is 0 Å². The topological polar surface area (TPSA) is 196 Å². The van der Waals surface area contributed by atoms with Crippen LogP contribution < -0.4 is 22.1 Å². The molecule has 2 aliphatic heterocycles. The number of piperidine rings is 1. The number of likely N-dealkylation sites (tertiary alicyclic amines) is 1. The molecule has 13 heteroatoms. The summed E-state index contributed by atoms with van der Waals surface area (Å²) >= 11 is 0. The Labute approximate surface area is 274 Å². The van der Waals surface area contributed by atoms with Crippen molar-refractivity contribution in [3.63, 3.8) is 0 Å². The van der Waals surface area contributed by atoms with E-state index in [9.17, 15) is 24.0 Å². The number of rotatable bonds is 16. The van der Waals surface area contributed by atoms with Crippen molar-refractivity contribution < 1.29 is 33.4 Å². The van der Waals surface area contributed by atoms with E-state index in [-0.39, 0.29) is 63.9 Å². The summed E-state index contributed by atoms with van der Waals surface area (Å²) < 4.78 is 10.8. The summed E-state index contributed by atoms with van der Waals surface area (Å²) in [4.78, 5) is 73.0. The molecule has 0 saturated carbocycles. The van der Waals surface area contributed by atoms with Gasteiger partial charge in [0, 0.05) is 31.1 Å². The van der Waals surface area contributed by atoms with E-state index >= 15 is 0 Å². The number of aliphatic imine (C=N–C) groups is 1. The van der Waals surface area contributed by atoms with Crippen LogP contribution in [-0.2, 0) is 35.3 Å². The fourth-order valence-corrected chi connectivity index (χ4v) is 6.25. The summed E-state index contributed by atoms with van der Waals surface area (Å²) in [5, 5.41) is 6.13. The summed E-state index contributed by atoms with van der Waals surface area (Å²) in [7, 11) is 0. The van der Waals surface area contributed by atoms with Crippen LogP contribution >= 0.6 is 0 Å². The van der Waals surface area contributed by atoms with Gasteiger partial charge in [0.2, 0.25) is 0 Å². The minimum Gasteiger partial charge on any atom is -0.452 e. The van der Waals surface area contributed by atoms with E-state index in [1.165, 1.54) is 4.90 Å². The van der Waals surface area contributed by atoms with Gasteiger partial charge in [0.15, 0.2) is 29.2 Å². The maximum absolute atomic E-state index is 14.5. The molecule has 4 atom stereocenters. The van der Waals surface area contributed by atoms with Crippen molar-refractivity contribution in [3.05, 3.63) is 71.8 Å². The number of ether oxygens (including phenoxy) is 2. The zero-order valence-electron chi connectivity index (χ0n) is 26.5. The third kappa shape index (κ3) is 9.16. The number of carbonyl (C=O) groups excluding carboxylic acids is 5. The Morgan fingerprint density at radius 3 is 2.43 bits per heavy atom. The highest BCUT2D eigenvalue weighted by Crippen LogP contribution is 2.34. The summed E-state index contributed by atoms with van der Waals surface area (Å²) in [6.45, 7) is 1.18. The van der Waals surface area contributed by atoms with Crippen LogP contribution in [0, 0.1) is 0 Å². The normalized spacial score (nSPS) is 20.3. The Morgan fingerprint density at radius 2 is 1.77 bits per heavy atom. The van der Waals surface area contributed by atoms with Crippen molar-refractivity contribution >= 4 is 36.0 Å². The van der Waals surface area contributed by atoms with Gasteiger partial charge in [0.05, 0.1) is 6.04 Å². The zero-order chi connectivity index (χ0) is 33.6. The third-order valence-corrected chi connectivity index (χ3v) is 8.63. The van der Waals surface area contributed by atoms with Gasteiger partial charge in [-0.15, -0.1) is 0 Å². The standard InChI is InChI=1S/C34H44N6O7/c35-32(36)38-19-9-16-27(29(43)30(47-23-41)25-13-5-2-6-14-25)39-31(44)34(28(42)21-26-15-7-8-18-37-26)17-10-20-40(34)33(45)46-22-24-11-3-1-4-12-24/h1-6,11-14,23,26-27,30,37H,7-10,15-22H2,(H,39,44)(H4,35,36,38)/t26?,27-,30?,34+/m0/s1. The predicted molar refractivity (Wildman–Crippen MR) is 174 cm³/mol. The molecule has 6 N–H and O–H groups in total. The first-order valence-electron chi connectivity index (χ1n) is 16.1. The molecule has 2 unspecified atom stereocenters. The molecule has 2 aliphatic rings. The lowest BCUT2D eigenvalue weighted by Crippen LogP contribution is -2.65. The second kappa shape index (κ2) is 17.2. The van der Waals surface area contributed by atoms with Crippen molar-refractivity contribution in [2.45, 2.75) is 81.7 Å². The van der Waals surface area contributed by atoms with Crippen molar-refractivity contribution in [2.75, 3.05) is 19.6 Å². The lowest BCUT2D eigenvalue weighted by molar-refractivity contribution is -0.148. The van der Waals surface area contributed by atoms with Gasteiger partial charge in [0.25, 0.3) is 12.4 Å². The Bertz CT molecular complexity index is 1400. The van der Waals surface area contributed by atoms with Crippen LogP contribution in [0.25, 0.3) is 0 Å². The van der Waals surface area contributed by atoms with Gasteiger partial charge in [-0.1, -0.05) is 67.1 Å². The molecule has 0 radical (unpaired) electrons. The molecule has 0 aliphatic carbocycles. The molecule has 2 aromatic rings. The Hall–Kier alpha value is -4.78. The predicted octanol–water partition coefficient (Wildman–Crippen LogP) is 2.28. The highest BCUT2D eigenvalue weighted by molar-refractivity contribution is 6.14. The van der Waals surface area contributed by atoms with Gasteiger partial charge in [-0.3, -0.25) is 29.1 Å². The molecule has 13 nitrogen and oxygen atoms in total. The molecule has 2 heterocycles. The number of hydrogen-bond donors (Lipinski definition) is 4. The monoisotopic (exact) mass is 648 g/mol. The summed E-state index contributed by atoms with van der Waals surface area (Å²) in [5.41, 5.74) is 10.2. The molecule has 2 aromatic carbocycles. The number of amides is 2. The molecule has 252 valence electrons. The van der Waals surface area contributed by atoms with Crippen LogP contribution in [0.15, 0.2) is 65.7 Å². The van der Waals surface area contributed by atoms with Crippen LogP contribution in [0.2, 0.25) is 0 Å². The van der Waals surface area contributed by atoms with E-state index in [1.54, 1.807) is 42.5 Å². The highest BCUT2D eigenvalue weighted by atomic mass is 16.6. The quantitative estimate of drug-likeness (QED) is 0.0689. The highest BCUT2D eigenvalue weighted by Gasteiger charge is 2.56. The SMILES string of the molecule is NC(N)=NCCC[C@H](NC(=O)[C@]1(C(=O)CC2CCCCN2)CCCN1C(=O)OCc1ccccc1)C(=O)C(OC=O)c1ccccc1. The largest absolute Gasteiger partial charge is 0.452 e. The lowest BCUT2D eigenvalue weighted by atomic mass is 9.84. The fraction of sp³-hybridized carbons (Fsp3) is 0.471. The molecule has 2 fully saturated rings. The molecular weight excluding hydrogens is 604 g/mol. The van der Waals surface area contributed by atoms with E-state index in [1.807, 2.05) is 18.2 Å². The van der Waals surface area contributed by atoms with Crippen LogP contribution in [0.1, 0.15) is 68.6 Å². The molecule has 2 saturated heterocycles. The first-order valence-corrected chi connectivity index (χ1v) is 16.1. The molecule has 47 heavy (non-hydrogen) atoms. The maximum atomic E-state index is 14.5. The van der Waals surface area contributed by atoms with Crippen LogP contribution in [0.3, 0.4) is 0 Å². The minimum atomic E-state index is -1.90. The summed E-state index contributed by atoms with van der Waals surface area (Å²) in [6, 6.07) is 16.1. The second-order valence-corrected chi connectivity index (χ2v) is 11.8. The van der Waals surface area contributed by atoms with Gasteiger partial charge in [-0.2, -0.15) is 0 Å². The van der Waals surface area contributed by atoms with E-state index in [0.29, 0.717) is 12.0 Å². The smallest absolute Gasteiger partial charge is 0.411 e. The van der Waals surface area contributed by atoms with Crippen LogP contribution in [0.5, 0.6) is 0 Å². The van der Waals surface area contributed by atoms with E-state index in [0.717, 1.165) is 31.4 Å². The van der Waals surface area contributed by atoms with Crippen molar-refractivity contribution in [2.24, 2.45) is 16.5 Å². The fourth-order valence-electron chi connectivity index (χ4n) is 6.25. The summed E-state index contributed by atoms with van der Waals surface area (Å²) in [5.74, 6) is -1.95. The average molecular weight is 649 g/mol. The van der Waals surface area contributed by atoms with Gasteiger partial charge >= 0.3 is 6.09 Å². The maximum Gasteiger partial charge on any atom is 0.411 e. The van der Waals surface area contributed by atoms with Gasteiger partial charge in [-0.25, -0.2) is 4.79 Å². The lowest BCUT2D eigenvalue weighted by Gasteiger charge is -2.37. The van der Waals surface area contributed by atoms with E-state index in [2.05, 4.69) is 15.6 Å². The van der Waals surface area contributed by atoms with Crippen molar-refractivity contribution in [1.82, 2.24) is 15.5 Å². The van der Waals surface area contributed by atoms with Crippen LogP contribution in [-0.4, -0.2) is 78.2 Å². The number of carbonyl (C=O) groups is 5. The Balaban J connectivity index is 1.64. The number of benzene rings is 2. The van der Waals surface area contributed by atoms with E-state index < -0.39 is 41.3 Å². The Morgan fingerprint density at radius 1 is 1.04 bits per heavy atom. The number of nitrogens with zero attached hydrogens (tertiary/aromatic N) is 2. The molecule has 0 aromatic heterocycles. The second-order valence-electron chi connectivity index (χ2n) is 11.8. The molecule has 0 bridgehead atoms. The van der Waals surface area contributed by atoms with Gasteiger partial charge < -0.3 is 31.6 Å². The number of guanidine groups is 1. The summed E-state index contributed by atoms with van der Waals surface area (Å²) in [6.07, 6.45) is 1.39. The molecule has 4 rings (SSSR count). The first-order chi connectivity index (χ1) is 22.8. The third-order valence-electron chi connectivity index (χ3n) is 8.63. The Kier molecular flexibility index (Phi) is 12.9. The number of nitrogens with one attached hydrogen (secondary N) is 2. The van der Waals surface area contributed by atoms with Gasteiger partial charge in [-0.05, 0) is 50.6 Å². The number of hydrogen-bond acceptors (Lipinski definition) is 9. The minimum absolute atomic E-state index is 0.0277. The molecular formula is C34H44N6O7. The van der Waals surface area contributed by atoms with Crippen molar-refractivity contribution in [3.8, 4) is 0 Å². The zero-order valence-corrected chi connectivity index (χ0v) is 26.5. The number of nitrogens with two attached hydrogens (primary N) is 2. The number of ketones is 2. The number of Topliss-reactive ketones (excluding diaryl/α,β-unsaturated/α-hetero) is 2.